The van der Waals surface area contributed by atoms with Gasteiger partial charge in [0.05, 0.1) is 10.0 Å². The standard InChI is InChI=1S/C5HCl3FN/c6-2-1-3(7)5(9)10-4(2)8/h1H. The lowest BCUT2D eigenvalue weighted by molar-refractivity contribution is 0.584. The molecule has 0 fully saturated rings. The van der Waals surface area contributed by atoms with Crippen LogP contribution in [0, 0.1) is 5.95 Å². The predicted molar refractivity (Wildman–Crippen MR) is 39.2 cm³/mol. The number of aromatic nitrogens is 1. The van der Waals surface area contributed by atoms with Crippen molar-refractivity contribution in [3.8, 4) is 0 Å². The van der Waals surface area contributed by atoms with Crippen LogP contribution in [0.3, 0.4) is 0 Å². The van der Waals surface area contributed by atoms with Crippen molar-refractivity contribution >= 4 is 34.8 Å². The smallest absolute Gasteiger partial charge is 0.205 e. The molecule has 1 aromatic heterocycles. The van der Waals surface area contributed by atoms with Crippen molar-refractivity contribution in [2.24, 2.45) is 0 Å². The van der Waals surface area contributed by atoms with Gasteiger partial charge in [0.15, 0.2) is 5.15 Å². The molecule has 0 bridgehead atoms. The van der Waals surface area contributed by atoms with E-state index in [-0.39, 0.29) is 15.2 Å². The van der Waals surface area contributed by atoms with Crippen molar-refractivity contribution in [3.05, 3.63) is 27.2 Å². The van der Waals surface area contributed by atoms with Gasteiger partial charge in [-0.05, 0) is 6.07 Å². The summed E-state index contributed by atoms with van der Waals surface area (Å²) >= 11 is 16.1. The van der Waals surface area contributed by atoms with E-state index in [1.54, 1.807) is 0 Å². The van der Waals surface area contributed by atoms with E-state index in [9.17, 15) is 4.39 Å². The number of hydrogen-bond donors (Lipinski definition) is 0. The average Bonchev–Trinajstić information content (AvgIpc) is 1.84. The van der Waals surface area contributed by atoms with Crippen molar-refractivity contribution in [3.63, 3.8) is 0 Å². The summed E-state index contributed by atoms with van der Waals surface area (Å²) in [5.41, 5.74) is 0. The first-order chi connectivity index (χ1) is 4.61. The summed E-state index contributed by atoms with van der Waals surface area (Å²) < 4.78 is 12.4. The molecule has 0 amide bonds. The zero-order valence-electron chi connectivity index (χ0n) is 4.54. The van der Waals surface area contributed by atoms with E-state index in [0.29, 0.717) is 0 Å². The lowest BCUT2D eigenvalue weighted by atomic mass is 10.5. The maximum Gasteiger partial charge on any atom is 0.233 e. The van der Waals surface area contributed by atoms with Crippen LogP contribution in [0.1, 0.15) is 0 Å². The number of hydrogen-bond acceptors (Lipinski definition) is 1. The van der Waals surface area contributed by atoms with Gasteiger partial charge in [0.1, 0.15) is 0 Å². The Morgan fingerprint density at radius 1 is 1.20 bits per heavy atom. The van der Waals surface area contributed by atoms with Gasteiger partial charge in [0.2, 0.25) is 5.95 Å². The van der Waals surface area contributed by atoms with Crippen LogP contribution in [0.4, 0.5) is 4.39 Å². The summed E-state index contributed by atoms with van der Waals surface area (Å²) in [6.07, 6.45) is 0. The minimum atomic E-state index is -0.809. The van der Waals surface area contributed by atoms with E-state index < -0.39 is 5.95 Å². The zero-order valence-corrected chi connectivity index (χ0v) is 6.80. The second kappa shape index (κ2) is 2.91. The molecule has 10 heavy (non-hydrogen) atoms. The van der Waals surface area contributed by atoms with Crippen LogP contribution in [-0.2, 0) is 0 Å². The van der Waals surface area contributed by atoms with Gasteiger partial charge in [-0.2, -0.15) is 4.39 Å². The highest BCUT2D eigenvalue weighted by Gasteiger charge is 2.05. The molecule has 0 unspecified atom stereocenters. The third kappa shape index (κ3) is 1.51. The summed E-state index contributed by atoms with van der Waals surface area (Å²) in [6, 6.07) is 1.20. The van der Waals surface area contributed by atoms with Crippen LogP contribution in [0.2, 0.25) is 15.2 Å². The van der Waals surface area contributed by atoms with E-state index >= 15 is 0 Å². The van der Waals surface area contributed by atoms with Gasteiger partial charge in [0.25, 0.3) is 0 Å². The molecule has 0 saturated carbocycles. The molecule has 1 aromatic rings. The lowest BCUT2D eigenvalue weighted by Gasteiger charge is -1.95. The SMILES string of the molecule is Fc1nc(Cl)c(Cl)cc1Cl. The fraction of sp³-hybridized carbons (Fsp3) is 0. The Bertz CT molecular complexity index is 213. The fourth-order valence-corrected chi connectivity index (χ4v) is 0.911. The molecule has 0 aliphatic heterocycles. The monoisotopic (exact) mass is 199 g/mol. The van der Waals surface area contributed by atoms with E-state index in [4.69, 9.17) is 34.8 Å². The van der Waals surface area contributed by atoms with Gasteiger partial charge in [0, 0.05) is 0 Å². The molecule has 0 aliphatic carbocycles. The Balaban J connectivity index is 3.28. The Hall–Kier alpha value is -0.0500. The summed E-state index contributed by atoms with van der Waals surface area (Å²) in [7, 11) is 0. The van der Waals surface area contributed by atoms with Gasteiger partial charge in [-0.1, -0.05) is 34.8 Å². The van der Waals surface area contributed by atoms with Gasteiger partial charge >= 0.3 is 0 Å². The van der Waals surface area contributed by atoms with E-state index in [2.05, 4.69) is 4.98 Å². The molecule has 0 atom stereocenters. The Labute approximate surface area is 71.7 Å². The molecule has 54 valence electrons. The summed E-state index contributed by atoms with van der Waals surface area (Å²) in [5.74, 6) is -0.809. The maximum absolute atomic E-state index is 12.4. The molecule has 0 aromatic carbocycles. The predicted octanol–water partition coefficient (Wildman–Crippen LogP) is 3.18. The number of nitrogens with zero attached hydrogens (tertiary/aromatic N) is 1. The third-order valence-corrected chi connectivity index (χ3v) is 1.78. The molecule has 1 rings (SSSR count). The molecule has 0 saturated heterocycles. The van der Waals surface area contributed by atoms with Crippen LogP contribution < -0.4 is 0 Å². The van der Waals surface area contributed by atoms with Crippen LogP contribution in [-0.4, -0.2) is 4.98 Å². The lowest BCUT2D eigenvalue weighted by Crippen LogP contribution is -1.84. The molecule has 1 nitrogen and oxygen atoms in total. The van der Waals surface area contributed by atoms with Gasteiger partial charge in [-0.15, -0.1) is 0 Å². The van der Waals surface area contributed by atoms with Gasteiger partial charge in [-0.25, -0.2) is 4.98 Å². The number of rotatable bonds is 0. The largest absolute Gasteiger partial charge is 0.233 e. The molecule has 0 spiro atoms. The van der Waals surface area contributed by atoms with Crippen LogP contribution in [0.5, 0.6) is 0 Å². The minimum Gasteiger partial charge on any atom is -0.205 e. The van der Waals surface area contributed by atoms with Gasteiger partial charge in [-0.3, -0.25) is 0 Å². The van der Waals surface area contributed by atoms with E-state index in [1.165, 1.54) is 6.07 Å². The Morgan fingerprint density at radius 2 is 1.80 bits per heavy atom. The van der Waals surface area contributed by atoms with Crippen molar-refractivity contribution in [1.29, 1.82) is 0 Å². The van der Waals surface area contributed by atoms with Crippen molar-refractivity contribution in [2.45, 2.75) is 0 Å². The molecule has 0 N–H and O–H groups in total. The van der Waals surface area contributed by atoms with Crippen LogP contribution in [0.25, 0.3) is 0 Å². The van der Waals surface area contributed by atoms with Crippen LogP contribution >= 0.6 is 34.8 Å². The molecular weight excluding hydrogens is 199 g/mol. The third-order valence-electron chi connectivity index (χ3n) is 0.844. The second-order valence-corrected chi connectivity index (χ2v) is 2.71. The number of halogens is 4. The average molecular weight is 200 g/mol. The first-order valence-electron chi connectivity index (χ1n) is 2.28. The molecule has 0 aliphatic rings. The fourth-order valence-electron chi connectivity index (χ4n) is 0.423. The van der Waals surface area contributed by atoms with E-state index in [0.717, 1.165) is 0 Å². The topological polar surface area (TPSA) is 12.9 Å². The number of pyridine rings is 1. The highest BCUT2D eigenvalue weighted by atomic mass is 35.5. The molecule has 0 radical (unpaired) electrons. The van der Waals surface area contributed by atoms with E-state index in [1.807, 2.05) is 0 Å². The Morgan fingerprint density at radius 3 is 2.30 bits per heavy atom. The second-order valence-electron chi connectivity index (χ2n) is 1.53. The van der Waals surface area contributed by atoms with Crippen molar-refractivity contribution < 1.29 is 4.39 Å². The first-order valence-corrected chi connectivity index (χ1v) is 3.41. The first kappa shape index (κ1) is 8.05. The zero-order chi connectivity index (χ0) is 7.72. The normalized spacial score (nSPS) is 10.0. The highest BCUT2D eigenvalue weighted by Crippen LogP contribution is 2.24. The van der Waals surface area contributed by atoms with Crippen LogP contribution in [0.15, 0.2) is 6.07 Å². The molecule has 5 heteroatoms. The highest BCUT2D eigenvalue weighted by molar-refractivity contribution is 6.42. The summed E-state index contributed by atoms with van der Waals surface area (Å²) in [6.45, 7) is 0. The quantitative estimate of drug-likeness (QED) is 0.586. The molecule has 1 heterocycles. The maximum atomic E-state index is 12.4. The van der Waals surface area contributed by atoms with Crippen molar-refractivity contribution in [2.75, 3.05) is 0 Å². The molecular formula is C5HCl3FN. The summed E-state index contributed by atoms with van der Waals surface area (Å²) in [4.78, 5) is 3.21. The Kier molecular flexibility index (Phi) is 2.34. The minimum absolute atomic E-state index is 0.0800. The van der Waals surface area contributed by atoms with Gasteiger partial charge < -0.3 is 0 Å². The van der Waals surface area contributed by atoms with Crippen molar-refractivity contribution in [1.82, 2.24) is 4.98 Å². The summed E-state index contributed by atoms with van der Waals surface area (Å²) in [5, 5.41) is -0.0639.